The van der Waals surface area contributed by atoms with Gasteiger partial charge in [-0.25, -0.2) is 9.37 Å². The Bertz CT molecular complexity index is 894. The second kappa shape index (κ2) is 7.31. The lowest BCUT2D eigenvalue weighted by Crippen LogP contribution is -2.08. The van der Waals surface area contributed by atoms with Gasteiger partial charge in [-0.1, -0.05) is 30.0 Å². The molecule has 0 aliphatic heterocycles. The van der Waals surface area contributed by atoms with E-state index < -0.39 is 0 Å². The lowest BCUT2D eigenvalue weighted by Gasteiger charge is -2.06. The van der Waals surface area contributed by atoms with E-state index in [4.69, 9.17) is 4.74 Å². The molecule has 0 aliphatic rings. The zero-order valence-electron chi connectivity index (χ0n) is 13.0. The molecule has 0 atom stereocenters. The van der Waals surface area contributed by atoms with E-state index in [0.29, 0.717) is 22.2 Å². The average Bonchev–Trinajstić information content (AvgIpc) is 2.61. The zero-order valence-corrected chi connectivity index (χ0v) is 13.8. The summed E-state index contributed by atoms with van der Waals surface area (Å²) in [6.07, 6.45) is 0. The molecule has 0 spiro atoms. The predicted octanol–water partition coefficient (Wildman–Crippen LogP) is 3.88. The van der Waals surface area contributed by atoms with Crippen LogP contribution in [0.2, 0.25) is 0 Å². The lowest BCUT2D eigenvalue weighted by molar-refractivity contribution is 0.415. The molecule has 0 fully saturated rings. The fourth-order valence-corrected chi connectivity index (χ4v) is 3.04. The summed E-state index contributed by atoms with van der Waals surface area (Å²) in [4.78, 5) is 19.0. The van der Waals surface area contributed by atoms with Gasteiger partial charge in [-0.15, -0.1) is 0 Å². The van der Waals surface area contributed by atoms with Crippen LogP contribution in [-0.2, 0) is 5.75 Å². The molecular formula is C18H15FN2O2S. The van der Waals surface area contributed by atoms with Crippen molar-refractivity contribution in [3.8, 4) is 17.0 Å². The Kier molecular flexibility index (Phi) is 4.96. The zero-order chi connectivity index (χ0) is 16.9. The van der Waals surface area contributed by atoms with Crippen LogP contribution in [0.15, 0.2) is 64.5 Å². The van der Waals surface area contributed by atoms with E-state index in [0.717, 1.165) is 11.3 Å². The maximum atomic E-state index is 13.7. The first-order valence-electron chi connectivity index (χ1n) is 7.28. The van der Waals surface area contributed by atoms with Crippen molar-refractivity contribution in [3.05, 3.63) is 76.3 Å². The van der Waals surface area contributed by atoms with Gasteiger partial charge in [0.05, 0.1) is 12.8 Å². The third-order valence-corrected chi connectivity index (χ3v) is 4.35. The SMILES string of the molecule is COc1ccc(-c2cc(=O)[nH]c(SCc3ccccc3F)n2)cc1. The van der Waals surface area contributed by atoms with Crippen LogP contribution in [0.5, 0.6) is 5.75 Å². The van der Waals surface area contributed by atoms with Gasteiger partial charge in [-0.3, -0.25) is 4.79 Å². The number of aromatic amines is 1. The predicted molar refractivity (Wildman–Crippen MR) is 92.8 cm³/mol. The van der Waals surface area contributed by atoms with Crippen LogP contribution < -0.4 is 10.3 Å². The van der Waals surface area contributed by atoms with Crippen molar-refractivity contribution in [1.82, 2.24) is 9.97 Å². The standard InChI is InChI=1S/C18H15FN2O2S/c1-23-14-8-6-12(7-9-14)16-10-17(22)21-18(20-16)24-11-13-4-2-3-5-15(13)19/h2-10H,11H2,1H3,(H,20,21,22). The maximum Gasteiger partial charge on any atom is 0.252 e. The first-order valence-corrected chi connectivity index (χ1v) is 8.26. The molecule has 0 saturated carbocycles. The van der Waals surface area contributed by atoms with Gasteiger partial charge >= 0.3 is 0 Å². The molecule has 0 unspecified atom stereocenters. The molecule has 0 radical (unpaired) electrons. The number of thioether (sulfide) groups is 1. The number of benzene rings is 2. The summed E-state index contributed by atoms with van der Waals surface area (Å²) in [7, 11) is 1.60. The number of nitrogens with one attached hydrogen (secondary N) is 1. The third kappa shape index (κ3) is 3.83. The highest BCUT2D eigenvalue weighted by Crippen LogP contribution is 2.24. The summed E-state index contributed by atoms with van der Waals surface area (Å²) >= 11 is 1.29. The van der Waals surface area contributed by atoms with Crippen LogP contribution in [0.1, 0.15) is 5.56 Å². The van der Waals surface area contributed by atoms with Crippen molar-refractivity contribution in [2.75, 3.05) is 7.11 Å². The van der Waals surface area contributed by atoms with Crippen molar-refractivity contribution in [2.45, 2.75) is 10.9 Å². The van der Waals surface area contributed by atoms with Crippen LogP contribution in [0.25, 0.3) is 11.3 Å². The van der Waals surface area contributed by atoms with Crippen molar-refractivity contribution in [1.29, 1.82) is 0 Å². The average molecular weight is 342 g/mol. The molecule has 4 nitrogen and oxygen atoms in total. The van der Waals surface area contributed by atoms with Gasteiger partial charge in [0.1, 0.15) is 11.6 Å². The Morgan fingerprint density at radius 3 is 2.62 bits per heavy atom. The van der Waals surface area contributed by atoms with Crippen molar-refractivity contribution in [2.24, 2.45) is 0 Å². The molecular weight excluding hydrogens is 327 g/mol. The molecule has 1 aromatic heterocycles. The Morgan fingerprint density at radius 1 is 1.17 bits per heavy atom. The van der Waals surface area contributed by atoms with E-state index in [1.54, 1.807) is 25.3 Å². The Balaban J connectivity index is 1.83. The maximum absolute atomic E-state index is 13.7. The van der Waals surface area contributed by atoms with Crippen molar-refractivity contribution in [3.63, 3.8) is 0 Å². The van der Waals surface area contributed by atoms with Crippen LogP contribution in [0.4, 0.5) is 4.39 Å². The van der Waals surface area contributed by atoms with Gasteiger partial charge in [0.2, 0.25) is 0 Å². The number of methoxy groups -OCH3 is 1. The second-order valence-corrected chi connectivity index (χ2v) is 6.01. The minimum atomic E-state index is -0.265. The fourth-order valence-electron chi connectivity index (χ4n) is 2.17. The summed E-state index contributed by atoms with van der Waals surface area (Å²) in [6.45, 7) is 0. The molecule has 3 rings (SSSR count). The Morgan fingerprint density at radius 2 is 1.92 bits per heavy atom. The van der Waals surface area contributed by atoms with E-state index in [1.807, 2.05) is 24.3 Å². The highest BCUT2D eigenvalue weighted by Gasteiger charge is 2.07. The largest absolute Gasteiger partial charge is 0.497 e. The van der Waals surface area contributed by atoms with Crippen LogP contribution in [0, 0.1) is 5.82 Å². The molecule has 1 heterocycles. The first-order chi connectivity index (χ1) is 11.7. The number of aromatic nitrogens is 2. The summed E-state index contributed by atoms with van der Waals surface area (Å²) in [5.41, 5.74) is 1.71. The van der Waals surface area contributed by atoms with Crippen LogP contribution >= 0.6 is 11.8 Å². The molecule has 0 amide bonds. The van der Waals surface area contributed by atoms with E-state index in [-0.39, 0.29) is 11.4 Å². The van der Waals surface area contributed by atoms with Gasteiger partial charge in [0.15, 0.2) is 5.16 Å². The number of halogens is 1. The number of nitrogens with zero attached hydrogens (tertiary/aromatic N) is 1. The van der Waals surface area contributed by atoms with Crippen LogP contribution in [0.3, 0.4) is 0 Å². The monoisotopic (exact) mass is 342 g/mol. The summed E-state index contributed by atoms with van der Waals surface area (Å²) in [5.74, 6) is 0.859. The summed E-state index contributed by atoms with van der Waals surface area (Å²) < 4.78 is 18.8. The Hall–Kier alpha value is -2.60. The molecule has 2 aromatic carbocycles. The second-order valence-electron chi connectivity index (χ2n) is 5.04. The number of rotatable bonds is 5. The molecule has 6 heteroatoms. The first kappa shape index (κ1) is 16.3. The van der Waals surface area contributed by atoms with Crippen molar-refractivity contribution >= 4 is 11.8 Å². The van der Waals surface area contributed by atoms with Gasteiger partial charge in [-0.05, 0) is 35.9 Å². The number of hydrogen-bond donors (Lipinski definition) is 1. The lowest BCUT2D eigenvalue weighted by atomic mass is 10.1. The van der Waals surface area contributed by atoms with Crippen molar-refractivity contribution < 1.29 is 9.13 Å². The molecule has 122 valence electrons. The normalized spacial score (nSPS) is 10.6. The van der Waals surface area contributed by atoms with Gasteiger partial charge < -0.3 is 9.72 Å². The quantitative estimate of drug-likeness (QED) is 0.565. The van der Waals surface area contributed by atoms with Gasteiger partial charge in [-0.2, -0.15) is 0 Å². The van der Waals surface area contributed by atoms with E-state index in [9.17, 15) is 9.18 Å². The fraction of sp³-hybridized carbons (Fsp3) is 0.111. The van der Waals surface area contributed by atoms with E-state index in [2.05, 4.69) is 9.97 Å². The smallest absolute Gasteiger partial charge is 0.252 e. The highest BCUT2D eigenvalue weighted by molar-refractivity contribution is 7.98. The minimum Gasteiger partial charge on any atom is -0.497 e. The highest BCUT2D eigenvalue weighted by atomic mass is 32.2. The molecule has 0 bridgehead atoms. The van der Waals surface area contributed by atoms with Crippen LogP contribution in [-0.4, -0.2) is 17.1 Å². The third-order valence-electron chi connectivity index (χ3n) is 3.43. The van der Waals surface area contributed by atoms with E-state index in [1.165, 1.54) is 23.9 Å². The van der Waals surface area contributed by atoms with Gasteiger partial charge in [0.25, 0.3) is 5.56 Å². The molecule has 1 N–H and O–H groups in total. The van der Waals surface area contributed by atoms with Gasteiger partial charge in [0, 0.05) is 17.4 Å². The van der Waals surface area contributed by atoms with E-state index >= 15 is 0 Å². The molecule has 3 aromatic rings. The summed E-state index contributed by atoms with van der Waals surface area (Å²) in [5, 5.41) is 0.455. The topological polar surface area (TPSA) is 55.0 Å². The number of H-pyrrole nitrogens is 1. The molecule has 24 heavy (non-hydrogen) atoms. The Labute approximate surface area is 142 Å². The minimum absolute atomic E-state index is 0.244. The molecule has 0 aliphatic carbocycles. The number of ether oxygens (including phenoxy) is 1. The molecule has 0 saturated heterocycles. The summed E-state index contributed by atoms with van der Waals surface area (Å²) in [6, 6.07) is 15.3. The number of hydrogen-bond acceptors (Lipinski definition) is 4.